The van der Waals surface area contributed by atoms with Crippen molar-refractivity contribution in [3.8, 4) is 5.69 Å². The molecule has 7 nitrogen and oxygen atoms in total. The third-order valence-corrected chi connectivity index (χ3v) is 6.12. The molecule has 0 bridgehead atoms. The number of carbonyl (C=O) groups is 1. The summed E-state index contributed by atoms with van der Waals surface area (Å²) in [6.07, 6.45) is 2.33. The largest absolute Gasteiger partial charge is 0.352 e. The minimum Gasteiger partial charge on any atom is -0.352 e. The molecule has 2 N–H and O–H groups in total. The molecule has 5 aromatic rings. The number of nitrogens with zero attached hydrogens (tertiary/aromatic N) is 3. The van der Waals surface area contributed by atoms with E-state index in [9.17, 15) is 9.59 Å². The summed E-state index contributed by atoms with van der Waals surface area (Å²) < 4.78 is 3.06. The Morgan fingerprint density at radius 1 is 0.971 bits per heavy atom. The van der Waals surface area contributed by atoms with E-state index in [1.165, 1.54) is 10.5 Å². The standard InChI is InChI=1S/C28H25N5O2/c1-18-10-12-21(13-11-18)33-24(29)22(27(34)30-15-14-20-8-4-3-5-9-20)17-23-26(33)31-25-19(2)7-6-16-32(25)28(23)35/h3-13,16-17,29H,14-15H2,1-2H3,(H,30,34). The molecule has 0 saturated heterocycles. The summed E-state index contributed by atoms with van der Waals surface area (Å²) in [5.74, 6) is -0.401. The van der Waals surface area contributed by atoms with E-state index in [4.69, 9.17) is 10.4 Å². The van der Waals surface area contributed by atoms with Gasteiger partial charge in [-0.05, 0) is 55.7 Å². The van der Waals surface area contributed by atoms with Crippen molar-refractivity contribution in [1.29, 1.82) is 5.41 Å². The maximum Gasteiger partial charge on any atom is 0.267 e. The van der Waals surface area contributed by atoms with Crippen molar-refractivity contribution in [3.05, 3.63) is 117 Å². The van der Waals surface area contributed by atoms with Crippen molar-refractivity contribution in [2.75, 3.05) is 6.54 Å². The van der Waals surface area contributed by atoms with Gasteiger partial charge < -0.3 is 5.32 Å². The summed E-state index contributed by atoms with van der Waals surface area (Å²) in [5.41, 5.74) is 4.36. The number of fused-ring (bicyclic) bond motifs is 2. The summed E-state index contributed by atoms with van der Waals surface area (Å²) in [4.78, 5) is 31.4. The van der Waals surface area contributed by atoms with Gasteiger partial charge in [0.15, 0.2) is 5.65 Å². The number of amides is 1. The van der Waals surface area contributed by atoms with Gasteiger partial charge in [0.2, 0.25) is 0 Å². The Morgan fingerprint density at radius 2 is 1.71 bits per heavy atom. The van der Waals surface area contributed by atoms with E-state index < -0.39 is 5.91 Å². The number of nitrogens with one attached hydrogen (secondary N) is 2. The van der Waals surface area contributed by atoms with E-state index in [0.717, 1.165) is 16.7 Å². The highest BCUT2D eigenvalue weighted by molar-refractivity contribution is 5.97. The maximum atomic E-state index is 13.5. The van der Waals surface area contributed by atoms with Gasteiger partial charge in [-0.1, -0.05) is 54.1 Å². The van der Waals surface area contributed by atoms with Crippen LogP contribution in [-0.4, -0.2) is 26.4 Å². The van der Waals surface area contributed by atoms with Crippen LogP contribution in [0.1, 0.15) is 27.0 Å². The molecule has 0 atom stereocenters. The van der Waals surface area contributed by atoms with Crippen LogP contribution in [0.4, 0.5) is 0 Å². The molecule has 7 heteroatoms. The van der Waals surface area contributed by atoms with E-state index in [2.05, 4.69) is 5.32 Å². The van der Waals surface area contributed by atoms with Gasteiger partial charge in [0.25, 0.3) is 11.5 Å². The number of aryl methyl sites for hydroxylation is 2. The third kappa shape index (κ3) is 4.12. The average molecular weight is 464 g/mol. The van der Waals surface area contributed by atoms with Crippen molar-refractivity contribution >= 4 is 22.6 Å². The summed E-state index contributed by atoms with van der Waals surface area (Å²) in [6, 6.07) is 22.6. The highest BCUT2D eigenvalue weighted by atomic mass is 16.1. The summed E-state index contributed by atoms with van der Waals surface area (Å²) >= 11 is 0. The lowest BCUT2D eigenvalue weighted by Gasteiger charge is -2.15. The Balaban J connectivity index is 1.68. The zero-order valence-electron chi connectivity index (χ0n) is 19.6. The first-order valence-electron chi connectivity index (χ1n) is 11.5. The molecule has 1 amide bonds. The van der Waals surface area contributed by atoms with Crippen LogP contribution in [0.25, 0.3) is 22.4 Å². The molecule has 35 heavy (non-hydrogen) atoms. The molecule has 0 saturated carbocycles. The number of pyridine rings is 2. The van der Waals surface area contributed by atoms with Crippen molar-refractivity contribution in [1.82, 2.24) is 19.3 Å². The molecule has 174 valence electrons. The first-order valence-corrected chi connectivity index (χ1v) is 11.5. The molecule has 0 aliphatic carbocycles. The fraction of sp³-hybridized carbons (Fsp3) is 0.143. The molecule has 0 fully saturated rings. The van der Waals surface area contributed by atoms with Crippen LogP contribution >= 0.6 is 0 Å². The molecule has 3 aromatic heterocycles. The number of carbonyl (C=O) groups excluding carboxylic acids is 1. The minimum atomic E-state index is -0.401. The fourth-order valence-corrected chi connectivity index (χ4v) is 4.21. The molecule has 3 heterocycles. The normalized spacial score (nSPS) is 11.1. The second-order valence-corrected chi connectivity index (χ2v) is 8.61. The van der Waals surface area contributed by atoms with Crippen LogP contribution in [0.2, 0.25) is 0 Å². The van der Waals surface area contributed by atoms with Crippen LogP contribution in [0.3, 0.4) is 0 Å². The van der Waals surface area contributed by atoms with Gasteiger partial charge in [0.05, 0.1) is 10.9 Å². The summed E-state index contributed by atoms with van der Waals surface area (Å²) in [7, 11) is 0. The number of rotatable bonds is 5. The first-order chi connectivity index (χ1) is 16.9. The van der Waals surface area contributed by atoms with Gasteiger partial charge in [-0.2, -0.15) is 0 Å². The highest BCUT2D eigenvalue weighted by Crippen LogP contribution is 2.17. The smallest absolute Gasteiger partial charge is 0.267 e. The van der Waals surface area contributed by atoms with Gasteiger partial charge in [0, 0.05) is 18.4 Å². The fourth-order valence-electron chi connectivity index (χ4n) is 4.21. The zero-order valence-corrected chi connectivity index (χ0v) is 19.6. The van der Waals surface area contributed by atoms with Crippen LogP contribution in [0, 0.1) is 19.3 Å². The second-order valence-electron chi connectivity index (χ2n) is 8.61. The number of hydrogen-bond acceptors (Lipinski definition) is 4. The lowest BCUT2D eigenvalue weighted by Crippen LogP contribution is -2.35. The third-order valence-electron chi connectivity index (χ3n) is 6.12. The van der Waals surface area contributed by atoms with Gasteiger partial charge in [-0.25, -0.2) is 4.98 Å². The Kier molecular flexibility index (Phi) is 5.74. The van der Waals surface area contributed by atoms with Gasteiger partial charge >= 0.3 is 0 Å². The predicted molar refractivity (Wildman–Crippen MR) is 136 cm³/mol. The van der Waals surface area contributed by atoms with Crippen molar-refractivity contribution in [2.24, 2.45) is 0 Å². The molecule has 5 rings (SSSR count). The number of hydrogen-bond donors (Lipinski definition) is 2. The summed E-state index contributed by atoms with van der Waals surface area (Å²) in [5, 5.41) is 12.1. The molecule has 0 aliphatic rings. The van der Waals surface area contributed by atoms with Crippen LogP contribution in [-0.2, 0) is 6.42 Å². The Hall–Kier alpha value is -4.52. The van der Waals surface area contributed by atoms with Crippen molar-refractivity contribution in [2.45, 2.75) is 20.3 Å². The lowest BCUT2D eigenvalue weighted by atomic mass is 10.1. The van der Waals surface area contributed by atoms with Gasteiger partial charge in [-0.15, -0.1) is 0 Å². The average Bonchev–Trinajstić information content (AvgIpc) is 2.86. The van der Waals surface area contributed by atoms with Crippen molar-refractivity contribution < 1.29 is 4.79 Å². The van der Waals surface area contributed by atoms with Crippen LogP contribution in [0.5, 0.6) is 0 Å². The minimum absolute atomic E-state index is 0.0246. The van der Waals surface area contributed by atoms with E-state index in [0.29, 0.717) is 29.9 Å². The molecular weight excluding hydrogens is 438 g/mol. The highest BCUT2D eigenvalue weighted by Gasteiger charge is 2.19. The van der Waals surface area contributed by atoms with Crippen LogP contribution < -0.4 is 16.4 Å². The Morgan fingerprint density at radius 3 is 2.46 bits per heavy atom. The van der Waals surface area contributed by atoms with Crippen LogP contribution in [0.15, 0.2) is 83.8 Å². The molecule has 2 aromatic carbocycles. The molecular formula is C28H25N5O2. The SMILES string of the molecule is Cc1ccc(-n2c(=N)c(C(=O)NCCc3ccccc3)cc3c(=O)n4cccc(C)c4nc32)cc1. The lowest BCUT2D eigenvalue weighted by molar-refractivity contribution is 0.0952. The van der Waals surface area contributed by atoms with Crippen molar-refractivity contribution in [3.63, 3.8) is 0 Å². The molecule has 0 unspecified atom stereocenters. The van der Waals surface area contributed by atoms with E-state index >= 15 is 0 Å². The topological polar surface area (TPSA) is 92.2 Å². The van der Waals surface area contributed by atoms with E-state index in [1.807, 2.05) is 74.5 Å². The zero-order chi connectivity index (χ0) is 24.5. The Labute approximate surface area is 201 Å². The van der Waals surface area contributed by atoms with E-state index in [1.54, 1.807) is 16.8 Å². The predicted octanol–water partition coefficient (Wildman–Crippen LogP) is 3.71. The van der Waals surface area contributed by atoms with E-state index in [-0.39, 0.29) is 22.0 Å². The molecule has 0 spiro atoms. The molecule has 0 aliphatic heterocycles. The molecule has 0 radical (unpaired) electrons. The quantitative estimate of drug-likeness (QED) is 0.389. The number of benzene rings is 2. The van der Waals surface area contributed by atoms with Gasteiger partial charge in [0.1, 0.15) is 11.1 Å². The second kappa shape index (κ2) is 9.02. The monoisotopic (exact) mass is 463 g/mol. The summed E-state index contributed by atoms with van der Waals surface area (Å²) in [6.45, 7) is 4.28. The number of aromatic nitrogens is 3. The maximum absolute atomic E-state index is 13.5. The van der Waals surface area contributed by atoms with Gasteiger partial charge in [-0.3, -0.25) is 24.0 Å². The first kappa shape index (κ1) is 22.3. The Bertz CT molecular complexity index is 1680.